The molecule has 2 aromatic rings. The molecule has 174 valence electrons. The first-order valence-electron chi connectivity index (χ1n) is 11.3. The van der Waals surface area contributed by atoms with Gasteiger partial charge in [-0.2, -0.15) is 13.2 Å². The number of hydrogen-bond acceptors (Lipinski definition) is 6. The maximum absolute atomic E-state index is 13.0. The third-order valence-corrected chi connectivity index (χ3v) is 6.79. The molecule has 0 unspecified atom stereocenters. The lowest BCUT2D eigenvalue weighted by Gasteiger charge is -2.46. The van der Waals surface area contributed by atoms with Crippen molar-refractivity contribution in [3.05, 3.63) is 30.1 Å². The summed E-state index contributed by atoms with van der Waals surface area (Å²) in [6, 6.07) is 3.91. The first kappa shape index (κ1) is 22.9. The summed E-state index contributed by atoms with van der Waals surface area (Å²) in [5.41, 5.74) is -0.375. The van der Waals surface area contributed by atoms with E-state index < -0.39 is 11.7 Å². The molecule has 1 aromatic carbocycles. The predicted octanol–water partition coefficient (Wildman–Crippen LogP) is 3.89. The molecule has 2 aliphatic rings. The summed E-state index contributed by atoms with van der Waals surface area (Å²) in [4.78, 5) is 23.0. The zero-order valence-electron chi connectivity index (χ0n) is 17.9. The predicted molar refractivity (Wildman–Crippen MR) is 115 cm³/mol. The Morgan fingerprint density at radius 3 is 2.56 bits per heavy atom. The summed E-state index contributed by atoms with van der Waals surface area (Å²) in [6.07, 6.45) is 2.83. The molecule has 1 saturated carbocycles. The average Bonchev–Trinajstić information content (AvgIpc) is 2.74. The average molecular weight is 451 g/mol. The Kier molecular flexibility index (Phi) is 6.95. The van der Waals surface area contributed by atoms with Gasteiger partial charge in [-0.3, -0.25) is 9.69 Å². The number of alkyl halides is 3. The smallest absolute Gasteiger partial charge is 0.396 e. The Hall–Kier alpha value is -2.26. The third kappa shape index (κ3) is 5.38. The first-order chi connectivity index (χ1) is 15.3. The number of aliphatic hydroxyl groups is 1. The number of aromatic nitrogens is 2. The number of carbonyl (C=O) groups is 1. The van der Waals surface area contributed by atoms with E-state index in [-0.39, 0.29) is 30.1 Å². The minimum atomic E-state index is -4.45. The molecular formula is C23H29F3N4O2. The van der Waals surface area contributed by atoms with Crippen molar-refractivity contribution in [1.82, 2.24) is 14.9 Å². The lowest BCUT2D eigenvalue weighted by atomic mass is 9.81. The molecule has 32 heavy (non-hydrogen) atoms. The molecule has 6 nitrogen and oxygen atoms in total. The number of aliphatic hydroxyl groups excluding tert-OH is 1. The molecule has 9 heteroatoms. The van der Waals surface area contributed by atoms with E-state index in [1.54, 1.807) is 0 Å². The van der Waals surface area contributed by atoms with Crippen LogP contribution in [0.4, 0.5) is 19.0 Å². The molecule has 4 rings (SSSR count). The second-order valence-electron chi connectivity index (χ2n) is 9.06. The lowest BCUT2D eigenvalue weighted by Crippen LogP contribution is -2.53. The summed E-state index contributed by atoms with van der Waals surface area (Å²) >= 11 is 0. The number of nitrogens with zero attached hydrogens (tertiary/aromatic N) is 3. The zero-order valence-corrected chi connectivity index (χ0v) is 17.9. The molecule has 0 radical (unpaired) electrons. The fraction of sp³-hybridized carbons (Fsp3) is 0.609. The fourth-order valence-electron chi connectivity index (χ4n) is 4.97. The van der Waals surface area contributed by atoms with E-state index in [9.17, 15) is 18.0 Å². The van der Waals surface area contributed by atoms with Crippen molar-refractivity contribution in [1.29, 1.82) is 0 Å². The van der Waals surface area contributed by atoms with Crippen LogP contribution in [0.5, 0.6) is 0 Å². The Balaban J connectivity index is 1.25. The highest BCUT2D eigenvalue weighted by molar-refractivity contribution is 5.91. The largest absolute Gasteiger partial charge is 0.416 e. The summed E-state index contributed by atoms with van der Waals surface area (Å²) in [5, 5.41) is 12.2. The highest BCUT2D eigenvalue weighted by atomic mass is 19.4. The van der Waals surface area contributed by atoms with Gasteiger partial charge in [-0.15, -0.1) is 0 Å². The number of benzene rings is 1. The molecule has 0 atom stereocenters. The third-order valence-electron chi connectivity index (χ3n) is 6.79. The number of halogens is 3. The van der Waals surface area contributed by atoms with Gasteiger partial charge >= 0.3 is 6.18 Å². The molecule has 2 N–H and O–H groups in total. The quantitative estimate of drug-likeness (QED) is 0.635. The van der Waals surface area contributed by atoms with Crippen LogP contribution in [0, 0.1) is 11.8 Å². The number of rotatable bonds is 8. The Morgan fingerprint density at radius 2 is 1.88 bits per heavy atom. The lowest BCUT2D eigenvalue weighted by molar-refractivity contribution is -0.137. The van der Waals surface area contributed by atoms with Crippen LogP contribution >= 0.6 is 0 Å². The molecule has 0 amide bonds. The maximum atomic E-state index is 13.0. The van der Waals surface area contributed by atoms with Crippen molar-refractivity contribution in [2.24, 2.45) is 11.8 Å². The van der Waals surface area contributed by atoms with Gasteiger partial charge in [-0.25, -0.2) is 9.97 Å². The van der Waals surface area contributed by atoms with E-state index in [0.717, 1.165) is 57.3 Å². The fourth-order valence-corrected chi connectivity index (χ4v) is 4.97. The number of fused-ring (bicyclic) bond motifs is 1. The van der Waals surface area contributed by atoms with Crippen LogP contribution in [0.1, 0.15) is 44.1 Å². The van der Waals surface area contributed by atoms with Gasteiger partial charge in [0, 0.05) is 37.5 Å². The Morgan fingerprint density at radius 1 is 1.12 bits per heavy atom. The van der Waals surface area contributed by atoms with Gasteiger partial charge in [0.2, 0.25) is 0 Å². The normalized spacial score (nSPS) is 22.6. The Bertz CT molecular complexity index is 938. The van der Waals surface area contributed by atoms with Crippen LogP contribution in [-0.4, -0.2) is 58.0 Å². The van der Waals surface area contributed by atoms with Gasteiger partial charge in [0.15, 0.2) is 5.78 Å². The standard InChI is InChI=1S/C23H29F3N4O2/c24-23(25,26)17-3-6-21-20(10-17)22(29-14-28-21)27-11-19(32)9-16-12-30(13-16)18-4-1-15(2-5-18)7-8-31/h3,6,10,14-16,18,31H,1-2,4-5,7-9,11-13H2,(H,27,28,29). The molecule has 1 saturated heterocycles. The van der Waals surface area contributed by atoms with Crippen molar-refractivity contribution >= 4 is 22.5 Å². The number of carbonyl (C=O) groups excluding carboxylic acids is 1. The van der Waals surface area contributed by atoms with E-state index in [1.165, 1.54) is 12.4 Å². The molecule has 1 aliphatic carbocycles. The zero-order chi connectivity index (χ0) is 22.7. The SMILES string of the molecule is O=C(CNc1ncnc2ccc(C(F)(F)F)cc12)CC1CN(C2CCC(CCO)CC2)C1. The second-order valence-corrected chi connectivity index (χ2v) is 9.06. The molecule has 0 bridgehead atoms. The van der Waals surface area contributed by atoms with Gasteiger partial charge in [-0.1, -0.05) is 0 Å². The van der Waals surface area contributed by atoms with E-state index in [1.807, 2.05) is 0 Å². The topological polar surface area (TPSA) is 78.4 Å². The second kappa shape index (κ2) is 9.70. The molecule has 0 spiro atoms. The monoisotopic (exact) mass is 450 g/mol. The summed E-state index contributed by atoms with van der Waals surface area (Å²) < 4.78 is 39.1. The molecule has 2 fully saturated rings. The van der Waals surface area contributed by atoms with Crippen molar-refractivity contribution in [2.45, 2.75) is 50.7 Å². The molecule has 2 heterocycles. The van der Waals surface area contributed by atoms with E-state index in [0.29, 0.717) is 29.8 Å². The van der Waals surface area contributed by atoms with Gasteiger partial charge in [-0.05, 0) is 62.1 Å². The number of likely N-dealkylation sites (tertiary alicyclic amines) is 1. The van der Waals surface area contributed by atoms with Crippen molar-refractivity contribution < 1.29 is 23.1 Å². The van der Waals surface area contributed by atoms with Crippen LogP contribution in [0.2, 0.25) is 0 Å². The summed E-state index contributed by atoms with van der Waals surface area (Å²) in [7, 11) is 0. The number of ketones is 1. The van der Waals surface area contributed by atoms with Crippen LogP contribution < -0.4 is 5.32 Å². The van der Waals surface area contributed by atoms with Crippen molar-refractivity contribution in [3.8, 4) is 0 Å². The van der Waals surface area contributed by atoms with Crippen LogP contribution in [-0.2, 0) is 11.0 Å². The number of hydrogen-bond donors (Lipinski definition) is 2. The minimum absolute atomic E-state index is 0.0278. The van der Waals surface area contributed by atoms with Gasteiger partial charge in [0.1, 0.15) is 12.1 Å². The van der Waals surface area contributed by atoms with Crippen LogP contribution in [0.15, 0.2) is 24.5 Å². The van der Waals surface area contributed by atoms with Crippen LogP contribution in [0.3, 0.4) is 0 Å². The highest BCUT2D eigenvalue weighted by Crippen LogP contribution is 2.34. The highest BCUT2D eigenvalue weighted by Gasteiger charge is 2.35. The minimum Gasteiger partial charge on any atom is -0.396 e. The molecule has 1 aromatic heterocycles. The van der Waals surface area contributed by atoms with E-state index in [4.69, 9.17) is 5.11 Å². The first-order valence-corrected chi connectivity index (χ1v) is 11.3. The van der Waals surface area contributed by atoms with E-state index in [2.05, 4.69) is 20.2 Å². The van der Waals surface area contributed by atoms with Crippen molar-refractivity contribution in [3.63, 3.8) is 0 Å². The maximum Gasteiger partial charge on any atom is 0.416 e. The summed E-state index contributed by atoms with van der Waals surface area (Å²) in [6.45, 7) is 2.15. The number of anilines is 1. The molecular weight excluding hydrogens is 421 g/mol. The molecule has 1 aliphatic heterocycles. The van der Waals surface area contributed by atoms with E-state index >= 15 is 0 Å². The van der Waals surface area contributed by atoms with Crippen molar-refractivity contribution in [2.75, 3.05) is 31.6 Å². The van der Waals surface area contributed by atoms with Crippen LogP contribution in [0.25, 0.3) is 10.9 Å². The van der Waals surface area contributed by atoms with Gasteiger partial charge in [0.25, 0.3) is 0 Å². The number of nitrogens with one attached hydrogen (secondary N) is 1. The Labute approximate surface area is 185 Å². The number of Topliss-reactive ketones (excluding diaryl/α,β-unsaturated/α-hetero) is 1. The van der Waals surface area contributed by atoms with Gasteiger partial charge in [0.05, 0.1) is 17.6 Å². The summed E-state index contributed by atoms with van der Waals surface area (Å²) in [5.74, 6) is 1.24. The van der Waals surface area contributed by atoms with Gasteiger partial charge < -0.3 is 10.4 Å².